The van der Waals surface area contributed by atoms with Gasteiger partial charge in [-0.25, -0.2) is 13.1 Å². The standard InChI is InChI=1S/C16H20N2O4S/c1-11-9-14(17-22-11)10-23(19,20)18-16(12-3-4-12)13-5-7-15(21-2)8-6-13/h5-9,12,16,18H,3-4,10H2,1-2H3/t16-/m1/s1. The highest BCUT2D eigenvalue weighted by molar-refractivity contribution is 7.88. The van der Waals surface area contributed by atoms with Gasteiger partial charge in [0.2, 0.25) is 10.0 Å². The highest BCUT2D eigenvalue weighted by Crippen LogP contribution is 2.41. The molecule has 7 heteroatoms. The Kier molecular flexibility index (Phi) is 4.41. The van der Waals surface area contributed by atoms with E-state index in [4.69, 9.17) is 9.26 Å². The zero-order valence-electron chi connectivity index (χ0n) is 13.2. The van der Waals surface area contributed by atoms with Crippen molar-refractivity contribution in [2.75, 3.05) is 7.11 Å². The Morgan fingerprint density at radius 2 is 2.04 bits per heavy atom. The molecule has 124 valence electrons. The Morgan fingerprint density at radius 1 is 1.35 bits per heavy atom. The molecule has 1 saturated carbocycles. The third kappa shape index (κ3) is 4.11. The normalized spacial score (nSPS) is 16.3. The predicted octanol–water partition coefficient (Wildman–Crippen LogP) is 2.56. The molecular formula is C16H20N2O4S. The van der Waals surface area contributed by atoms with E-state index in [0.717, 1.165) is 24.2 Å². The minimum absolute atomic E-state index is 0.177. The van der Waals surface area contributed by atoms with Gasteiger partial charge in [0.25, 0.3) is 0 Å². The molecule has 1 fully saturated rings. The number of ether oxygens (including phenoxy) is 1. The zero-order valence-corrected chi connectivity index (χ0v) is 14.0. The van der Waals surface area contributed by atoms with Crippen LogP contribution in [0.3, 0.4) is 0 Å². The van der Waals surface area contributed by atoms with E-state index < -0.39 is 10.0 Å². The third-order valence-electron chi connectivity index (χ3n) is 3.89. The summed E-state index contributed by atoms with van der Waals surface area (Å²) in [7, 11) is -1.89. The molecule has 0 spiro atoms. The quantitative estimate of drug-likeness (QED) is 0.840. The molecule has 1 N–H and O–H groups in total. The van der Waals surface area contributed by atoms with E-state index in [-0.39, 0.29) is 11.8 Å². The van der Waals surface area contributed by atoms with Crippen molar-refractivity contribution < 1.29 is 17.7 Å². The molecule has 0 aliphatic heterocycles. The van der Waals surface area contributed by atoms with Crippen LogP contribution in [0.15, 0.2) is 34.9 Å². The number of nitrogens with one attached hydrogen (secondary N) is 1. The summed E-state index contributed by atoms with van der Waals surface area (Å²) in [5.41, 5.74) is 1.37. The number of rotatable bonds is 7. The average molecular weight is 336 g/mol. The number of benzene rings is 1. The Morgan fingerprint density at radius 3 is 2.57 bits per heavy atom. The Labute approximate surface area is 135 Å². The van der Waals surface area contributed by atoms with Gasteiger partial charge in [-0.1, -0.05) is 17.3 Å². The molecule has 0 radical (unpaired) electrons. The van der Waals surface area contributed by atoms with Crippen molar-refractivity contribution in [3.05, 3.63) is 47.3 Å². The van der Waals surface area contributed by atoms with Crippen LogP contribution in [0, 0.1) is 12.8 Å². The first-order valence-electron chi connectivity index (χ1n) is 7.53. The van der Waals surface area contributed by atoms with Crippen molar-refractivity contribution in [2.45, 2.75) is 31.6 Å². The van der Waals surface area contributed by atoms with Gasteiger partial charge in [-0.05, 0) is 43.4 Å². The van der Waals surface area contributed by atoms with Crippen molar-refractivity contribution in [3.8, 4) is 5.75 Å². The molecule has 6 nitrogen and oxygen atoms in total. The van der Waals surface area contributed by atoms with Crippen LogP contribution in [0.1, 0.15) is 35.9 Å². The number of hydrogen-bond donors (Lipinski definition) is 1. The highest BCUT2D eigenvalue weighted by atomic mass is 32.2. The second-order valence-corrected chi connectivity index (χ2v) is 7.65. The van der Waals surface area contributed by atoms with Gasteiger partial charge in [0.05, 0.1) is 7.11 Å². The Bertz CT molecular complexity index is 764. The number of aryl methyl sites for hydroxylation is 1. The highest BCUT2D eigenvalue weighted by Gasteiger charge is 2.35. The van der Waals surface area contributed by atoms with Gasteiger partial charge in [0.1, 0.15) is 23.0 Å². The fourth-order valence-electron chi connectivity index (χ4n) is 2.59. The lowest BCUT2D eigenvalue weighted by atomic mass is 10.0. The maximum Gasteiger partial charge on any atom is 0.218 e. The molecular weight excluding hydrogens is 316 g/mol. The largest absolute Gasteiger partial charge is 0.497 e. The van der Waals surface area contributed by atoms with E-state index in [0.29, 0.717) is 17.4 Å². The van der Waals surface area contributed by atoms with Crippen LogP contribution in [0.5, 0.6) is 5.75 Å². The Balaban J connectivity index is 1.76. The smallest absolute Gasteiger partial charge is 0.218 e. The maximum absolute atomic E-state index is 12.4. The minimum atomic E-state index is -3.49. The first-order chi connectivity index (χ1) is 11.0. The lowest BCUT2D eigenvalue weighted by Gasteiger charge is -2.18. The predicted molar refractivity (Wildman–Crippen MR) is 85.5 cm³/mol. The number of aromatic nitrogens is 1. The van der Waals surface area contributed by atoms with Crippen LogP contribution >= 0.6 is 0 Å². The molecule has 0 unspecified atom stereocenters. The molecule has 2 aromatic rings. The molecule has 1 aliphatic rings. The van der Waals surface area contributed by atoms with Gasteiger partial charge in [-0.2, -0.15) is 0 Å². The van der Waals surface area contributed by atoms with E-state index in [1.54, 1.807) is 20.1 Å². The molecule has 1 atom stereocenters. The van der Waals surface area contributed by atoms with Gasteiger partial charge in [-0.3, -0.25) is 0 Å². The van der Waals surface area contributed by atoms with Gasteiger partial charge >= 0.3 is 0 Å². The fourth-order valence-corrected chi connectivity index (χ4v) is 3.92. The molecule has 1 heterocycles. The minimum Gasteiger partial charge on any atom is -0.497 e. The van der Waals surface area contributed by atoms with E-state index >= 15 is 0 Å². The Hall–Kier alpha value is -1.86. The number of nitrogens with zero attached hydrogens (tertiary/aromatic N) is 1. The van der Waals surface area contributed by atoms with Crippen LogP contribution in [-0.2, 0) is 15.8 Å². The molecule has 0 saturated heterocycles. The number of hydrogen-bond acceptors (Lipinski definition) is 5. The number of sulfonamides is 1. The number of methoxy groups -OCH3 is 1. The van der Waals surface area contributed by atoms with Crippen LogP contribution in [0.25, 0.3) is 0 Å². The van der Waals surface area contributed by atoms with Crippen molar-refractivity contribution >= 4 is 10.0 Å². The SMILES string of the molecule is COc1ccc([C@H](NS(=O)(=O)Cc2cc(C)on2)C2CC2)cc1. The van der Waals surface area contributed by atoms with Crippen molar-refractivity contribution in [1.29, 1.82) is 0 Å². The summed E-state index contributed by atoms with van der Waals surface area (Å²) in [6, 6.07) is 8.94. The molecule has 1 aliphatic carbocycles. The van der Waals surface area contributed by atoms with E-state index in [9.17, 15) is 8.42 Å². The van der Waals surface area contributed by atoms with Crippen LogP contribution in [0.2, 0.25) is 0 Å². The zero-order chi connectivity index (χ0) is 16.4. The molecule has 23 heavy (non-hydrogen) atoms. The van der Waals surface area contributed by atoms with Gasteiger partial charge in [-0.15, -0.1) is 0 Å². The van der Waals surface area contributed by atoms with Crippen LogP contribution in [0.4, 0.5) is 0 Å². The monoisotopic (exact) mass is 336 g/mol. The maximum atomic E-state index is 12.4. The summed E-state index contributed by atoms with van der Waals surface area (Å²) in [5.74, 6) is 1.52. The molecule has 1 aromatic heterocycles. The second kappa shape index (κ2) is 6.33. The van der Waals surface area contributed by atoms with E-state index in [1.807, 2.05) is 24.3 Å². The van der Waals surface area contributed by atoms with Crippen LogP contribution < -0.4 is 9.46 Å². The van der Waals surface area contributed by atoms with Crippen LogP contribution in [-0.4, -0.2) is 20.7 Å². The fraction of sp³-hybridized carbons (Fsp3) is 0.438. The van der Waals surface area contributed by atoms with E-state index in [2.05, 4.69) is 9.88 Å². The summed E-state index contributed by atoms with van der Waals surface area (Å²) in [6.45, 7) is 1.74. The summed E-state index contributed by atoms with van der Waals surface area (Å²) in [6.07, 6.45) is 2.06. The third-order valence-corrected chi connectivity index (χ3v) is 5.18. The van der Waals surface area contributed by atoms with E-state index in [1.165, 1.54) is 0 Å². The topological polar surface area (TPSA) is 81.4 Å². The lowest BCUT2D eigenvalue weighted by molar-refractivity contribution is 0.392. The first-order valence-corrected chi connectivity index (χ1v) is 9.18. The summed E-state index contributed by atoms with van der Waals surface area (Å²) in [4.78, 5) is 0. The average Bonchev–Trinajstić information content (AvgIpc) is 3.28. The molecule has 0 amide bonds. The van der Waals surface area contributed by atoms with Crippen molar-refractivity contribution in [3.63, 3.8) is 0 Å². The van der Waals surface area contributed by atoms with Gasteiger partial charge in [0, 0.05) is 12.1 Å². The van der Waals surface area contributed by atoms with Gasteiger partial charge < -0.3 is 9.26 Å². The summed E-state index contributed by atoms with van der Waals surface area (Å²) >= 11 is 0. The van der Waals surface area contributed by atoms with Gasteiger partial charge in [0.15, 0.2) is 0 Å². The summed E-state index contributed by atoms with van der Waals surface area (Å²) in [5, 5.41) is 3.75. The first kappa shape index (κ1) is 16.0. The van der Waals surface area contributed by atoms with Crippen molar-refractivity contribution in [1.82, 2.24) is 9.88 Å². The second-order valence-electron chi connectivity index (χ2n) is 5.89. The van der Waals surface area contributed by atoms with Crippen molar-refractivity contribution in [2.24, 2.45) is 5.92 Å². The molecule has 0 bridgehead atoms. The molecule has 1 aromatic carbocycles. The molecule has 3 rings (SSSR count). The lowest BCUT2D eigenvalue weighted by Crippen LogP contribution is -2.31. The summed E-state index contributed by atoms with van der Waals surface area (Å²) < 4.78 is 37.8.